The van der Waals surface area contributed by atoms with Gasteiger partial charge in [-0.2, -0.15) is 0 Å². The number of hydrogen-bond donors (Lipinski definition) is 1. The van der Waals surface area contributed by atoms with Crippen LogP contribution in [0, 0.1) is 12.8 Å². The van der Waals surface area contributed by atoms with E-state index in [1.165, 1.54) is 7.11 Å². The molecule has 2 heterocycles. The number of ether oxygens (including phenoxy) is 2. The number of esters is 1. The van der Waals surface area contributed by atoms with E-state index in [4.69, 9.17) is 18.9 Å². The number of fused-ring (bicyclic) bond motifs is 1. The van der Waals surface area contributed by atoms with Crippen LogP contribution in [0.25, 0.3) is 33.4 Å². The minimum Gasteiger partial charge on any atom is -0.463 e. The molecule has 0 saturated carbocycles. The number of nitrogens with one attached hydrogen (secondary N) is 1. The Morgan fingerprint density at radius 1 is 1.00 bits per heavy atom. The van der Waals surface area contributed by atoms with Crippen molar-refractivity contribution < 1.29 is 23.5 Å². The van der Waals surface area contributed by atoms with Gasteiger partial charge in [0.05, 0.1) is 12.6 Å². The number of alkyl carbamates (subject to hydrolysis) is 1. The van der Waals surface area contributed by atoms with Crippen molar-refractivity contribution >= 4 is 23.0 Å². The highest BCUT2D eigenvalue weighted by molar-refractivity contribution is 5.99. The normalized spacial score (nSPS) is 11.6. The van der Waals surface area contributed by atoms with Crippen molar-refractivity contribution in [2.24, 2.45) is 5.92 Å². The van der Waals surface area contributed by atoms with E-state index in [1.54, 1.807) is 12.1 Å². The number of carbonyl (C=O) groups is 2. The molecule has 2 aromatic heterocycles. The molecule has 204 valence electrons. The molecule has 0 radical (unpaired) electrons. The van der Waals surface area contributed by atoms with Crippen molar-refractivity contribution in [3.63, 3.8) is 0 Å². The maximum atomic E-state index is 12.6. The summed E-state index contributed by atoms with van der Waals surface area (Å²) in [5, 5.41) is 3.87. The topological polar surface area (TPSA) is 90.7 Å². The summed E-state index contributed by atoms with van der Waals surface area (Å²) in [5.74, 6) is 0.518. The first-order valence-corrected chi connectivity index (χ1v) is 13.1. The Labute approximate surface area is 229 Å². The second-order valence-corrected chi connectivity index (χ2v) is 11.1. The summed E-state index contributed by atoms with van der Waals surface area (Å²) in [4.78, 5) is 29.6. The van der Waals surface area contributed by atoms with E-state index in [0.29, 0.717) is 11.7 Å². The first-order valence-electron chi connectivity index (χ1n) is 13.1. The van der Waals surface area contributed by atoms with E-state index < -0.39 is 17.7 Å². The average molecular weight is 529 g/mol. The van der Waals surface area contributed by atoms with Crippen LogP contribution in [-0.4, -0.2) is 29.8 Å². The number of pyridine rings is 1. The van der Waals surface area contributed by atoms with E-state index in [9.17, 15) is 9.59 Å². The van der Waals surface area contributed by atoms with E-state index in [1.807, 2.05) is 39.0 Å². The first-order chi connectivity index (χ1) is 18.4. The predicted molar refractivity (Wildman–Crippen MR) is 153 cm³/mol. The van der Waals surface area contributed by atoms with Gasteiger partial charge in [-0.25, -0.2) is 9.59 Å². The number of carbonyl (C=O) groups excluding carboxylic acids is 2. The van der Waals surface area contributed by atoms with E-state index in [2.05, 4.69) is 50.4 Å². The highest BCUT2D eigenvalue weighted by Gasteiger charge is 2.22. The number of furan rings is 1. The maximum Gasteiger partial charge on any atom is 0.407 e. The van der Waals surface area contributed by atoms with E-state index >= 15 is 0 Å². The van der Waals surface area contributed by atoms with Gasteiger partial charge in [0, 0.05) is 28.8 Å². The van der Waals surface area contributed by atoms with E-state index in [0.717, 1.165) is 50.8 Å². The molecule has 0 saturated heterocycles. The van der Waals surface area contributed by atoms with Gasteiger partial charge in [-0.15, -0.1) is 0 Å². The zero-order chi connectivity index (χ0) is 28.3. The Morgan fingerprint density at radius 2 is 1.69 bits per heavy atom. The minimum atomic E-state index is -0.604. The van der Waals surface area contributed by atoms with Gasteiger partial charge in [0.2, 0.25) is 5.76 Å². The maximum absolute atomic E-state index is 12.6. The van der Waals surface area contributed by atoms with Crippen LogP contribution in [0.1, 0.15) is 62.0 Å². The Hall–Kier alpha value is -4.13. The lowest BCUT2D eigenvalue weighted by Gasteiger charge is -2.22. The molecule has 0 atom stereocenters. The highest BCUT2D eigenvalue weighted by atomic mass is 16.6. The quantitative estimate of drug-likeness (QED) is 0.250. The lowest BCUT2D eigenvalue weighted by Crippen LogP contribution is -2.32. The van der Waals surface area contributed by atoms with Crippen LogP contribution in [0.3, 0.4) is 0 Å². The lowest BCUT2D eigenvalue weighted by molar-refractivity contribution is 0.0521. The van der Waals surface area contributed by atoms with Gasteiger partial charge in [0.15, 0.2) is 0 Å². The van der Waals surface area contributed by atoms with Crippen LogP contribution < -0.4 is 5.32 Å². The molecule has 0 bridgehead atoms. The number of benzene rings is 2. The Bertz CT molecular complexity index is 1490. The van der Waals surface area contributed by atoms with Gasteiger partial charge >= 0.3 is 12.1 Å². The average Bonchev–Trinajstić information content (AvgIpc) is 3.36. The van der Waals surface area contributed by atoms with Crippen LogP contribution in [-0.2, 0) is 22.4 Å². The number of aryl methyl sites for hydroxylation is 1. The molecule has 7 nitrogen and oxygen atoms in total. The molecule has 0 aliphatic heterocycles. The van der Waals surface area contributed by atoms with Crippen molar-refractivity contribution in [1.29, 1.82) is 0 Å². The number of methoxy groups -OCH3 is 1. The van der Waals surface area contributed by atoms with Crippen LogP contribution in [0.2, 0.25) is 0 Å². The van der Waals surface area contributed by atoms with Gasteiger partial charge in [-0.3, -0.25) is 4.98 Å². The zero-order valence-electron chi connectivity index (χ0n) is 23.7. The Balaban J connectivity index is 1.91. The first kappa shape index (κ1) is 27.9. The van der Waals surface area contributed by atoms with Crippen LogP contribution in [0.15, 0.2) is 59.0 Å². The second-order valence-electron chi connectivity index (χ2n) is 11.1. The summed E-state index contributed by atoms with van der Waals surface area (Å²) >= 11 is 0. The fourth-order valence-electron chi connectivity index (χ4n) is 4.48. The van der Waals surface area contributed by atoms with Gasteiger partial charge in [-0.1, -0.05) is 43.7 Å². The molecule has 0 spiro atoms. The Kier molecular flexibility index (Phi) is 8.09. The zero-order valence-corrected chi connectivity index (χ0v) is 23.7. The van der Waals surface area contributed by atoms with Gasteiger partial charge < -0.3 is 19.2 Å². The molecular weight excluding hydrogens is 492 g/mol. The molecule has 1 amide bonds. The largest absolute Gasteiger partial charge is 0.463 e. The summed E-state index contributed by atoms with van der Waals surface area (Å²) in [6.07, 6.45) is 0.273. The van der Waals surface area contributed by atoms with Crippen molar-refractivity contribution in [2.45, 2.75) is 60.1 Å². The Morgan fingerprint density at radius 3 is 2.33 bits per heavy atom. The standard InChI is InChI=1S/C32H36N2O5/c1-19(2)16-26-24(18-33-31(36)39-32(4,5)6)29(21-10-8-20(3)9-11-21)23-17-22(12-13-25(23)34-26)27-14-15-28(38-27)30(35)37-7/h8-15,17,19H,16,18H2,1-7H3,(H,33,36). The van der Waals surface area contributed by atoms with Crippen LogP contribution in [0.5, 0.6) is 0 Å². The van der Waals surface area contributed by atoms with Gasteiger partial charge in [0.1, 0.15) is 11.4 Å². The third-order valence-electron chi connectivity index (χ3n) is 6.20. The number of rotatable bonds is 7. The number of hydrogen-bond acceptors (Lipinski definition) is 6. The van der Waals surface area contributed by atoms with E-state index in [-0.39, 0.29) is 12.3 Å². The molecule has 4 aromatic rings. The molecule has 0 aliphatic carbocycles. The molecule has 0 fully saturated rings. The SMILES string of the molecule is COC(=O)c1ccc(-c2ccc3nc(CC(C)C)c(CNC(=O)OC(C)(C)C)c(-c4ccc(C)cc4)c3c2)o1. The van der Waals surface area contributed by atoms with Crippen molar-refractivity contribution in [2.75, 3.05) is 7.11 Å². The fourth-order valence-corrected chi connectivity index (χ4v) is 4.48. The smallest absolute Gasteiger partial charge is 0.407 e. The summed E-state index contributed by atoms with van der Waals surface area (Å²) in [6, 6.07) is 17.6. The monoisotopic (exact) mass is 528 g/mol. The molecule has 1 N–H and O–H groups in total. The fraction of sp³-hybridized carbons (Fsp3) is 0.344. The summed E-state index contributed by atoms with van der Waals surface area (Å²) < 4.78 is 16.1. The molecule has 7 heteroatoms. The number of aromatic nitrogens is 1. The number of nitrogens with zero attached hydrogens (tertiary/aromatic N) is 1. The molecular formula is C32H36N2O5. The van der Waals surface area contributed by atoms with Crippen LogP contribution >= 0.6 is 0 Å². The third-order valence-corrected chi connectivity index (χ3v) is 6.20. The molecule has 0 aliphatic rings. The summed E-state index contributed by atoms with van der Waals surface area (Å²) in [5.41, 5.74) is 6.08. The van der Waals surface area contributed by atoms with Crippen LogP contribution in [0.4, 0.5) is 4.79 Å². The third kappa shape index (κ3) is 6.66. The molecule has 2 aromatic carbocycles. The van der Waals surface area contributed by atoms with Gasteiger partial charge in [-0.05, 0) is 81.5 Å². The second kappa shape index (κ2) is 11.3. The minimum absolute atomic E-state index is 0.138. The molecule has 4 rings (SSSR count). The summed E-state index contributed by atoms with van der Waals surface area (Å²) in [7, 11) is 1.32. The molecule has 39 heavy (non-hydrogen) atoms. The summed E-state index contributed by atoms with van der Waals surface area (Å²) in [6.45, 7) is 12.1. The van der Waals surface area contributed by atoms with Crippen molar-refractivity contribution in [3.05, 3.63) is 77.2 Å². The highest BCUT2D eigenvalue weighted by Crippen LogP contribution is 2.37. The van der Waals surface area contributed by atoms with Gasteiger partial charge in [0.25, 0.3) is 0 Å². The van der Waals surface area contributed by atoms with Crippen molar-refractivity contribution in [3.8, 4) is 22.5 Å². The predicted octanol–water partition coefficient (Wildman–Crippen LogP) is 7.48. The number of amides is 1. The molecule has 0 unspecified atom stereocenters. The lowest BCUT2D eigenvalue weighted by atomic mass is 9.90. The van der Waals surface area contributed by atoms with Crippen molar-refractivity contribution in [1.82, 2.24) is 10.3 Å².